The van der Waals surface area contributed by atoms with Gasteiger partial charge in [0.1, 0.15) is 11.4 Å². The monoisotopic (exact) mass is 400 g/mol. The van der Waals surface area contributed by atoms with Gasteiger partial charge in [-0.2, -0.15) is 5.10 Å². The second-order valence-corrected chi connectivity index (χ2v) is 8.05. The third-order valence-corrected chi connectivity index (χ3v) is 6.06. The van der Waals surface area contributed by atoms with Crippen molar-refractivity contribution in [2.24, 2.45) is 5.92 Å². The second kappa shape index (κ2) is 6.70. The maximum Gasteiger partial charge on any atom is 0.168 e. The average molecular weight is 400 g/mol. The zero-order chi connectivity index (χ0) is 20.2. The fourth-order valence-electron chi connectivity index (χ4n) is 4.17. The molecule has 4 heterocycles. The van der Waals surface area contributed by atoms with Crippen LogP contribution in [0.5, 0.6) is 0 Å². The molecule has 29 heavy (non-hydrogen) atoms. The maximum absolute atomic E-state index is 14.7. The van der Waals surface area contributed by atoms with E-state index in [1.54, 1.807) is 23.2 Å². The summed E-state index contributed by atoms with van der Waals surface area (Å²) in [7, 11) is 0. The highest BCUT2D eigenvalue weighted by atomic mass is 19.1. The van der Waals surface area contributed by atoms with Gasteiger partial charge in [-0.25, -0.2) is 18.7 Å². The number of hydrogen-bond acceptors (Lipinski definition) is 6. The van der Waals surface area contributed by atoms with E-state index in [9.17, 15) is 13.9 Å². The van der Waals surface area contributed by atoms with Gasteiger partial charge in [0.25, 0.3) is 0 Å². The van der Waals surface area contributed by atoms with Crippen molar-refractivity contribution in [2.45, 2.75) is 31.4 Å². The van der Waals surface area contributed by atoms with Crippen molar-refractivity contribution in [1.29, 1.82) is 0 Å². The Balaban J connectivity index is 1.51. The van der Waals surface area contributed by atoms with Gasteiger partial charge in [0, 0.05) is 37.3 Å². The van der Waals surface area contributed by atoms with E-state index < -0.39 is 17.2 Å². The summed E-state index contributed by atoms with van der Waals surface area (Å²) >= 11 is 0. The Kier molecular flexibility index (Phi) is 4.25. The molecule has 5 rings (SSSR count). The highest BCUT2D eigenvalue weighted by Crippen LogP contribution is 2.42. The van der Waals surface area contributed by atoms with Crippen molar-refractivity contribution in [3.63, 3.8) is 0 Å². The summed E-state index contributed by atoms with van der Waals surface area (Å²) in [5, 5.41) is 21.7. The summed E-state index contributed by atoms with van der Waals surface area (Å²) < 4.78 is 29.3. The van der Waals surface area contributed by atoms with Gasteiger partial charge in [0.05, 0.1) is 11.6 Å². The lowest BCUT2D eigenvalue weighted by Crippen LogP contribution is -2.61. The standard InChI is InChI=1S/C20H22F2N6O/c1-20(29,11-4-5-11)15-10-28(8-7-23-15)19-14(22)9-13(21)17(25-19)16-12-3-2-6-24-18(12)27-26-16/h2-3,6,9,11,15,23,29H,4-5,7-8,10H2,1H3,(H,24,26,27). The van der Waals surface area contributed by atoms with Gasteiger partial charge >= 0.3 is 0 Å². The number of anilines is 1. The molecule has 0 spiro atoms. The Morgan fingerprint density at radius 2 is 2.07 bits per heavy atom. The molecule has 1 aliphatic heterocycles. The van der Waals surface area contributed by atoms with Crippen LogP contribution < -0.4 is 10.2 Å². The van der Waals surface area contributed by atoms with E-state index in [2.05, 4.69) is 25.5 Å². The summed E-state index contributed by atoms with van der Waals surface area (Å²) in [6.45, 7) is 3.31. The van der Waals surface area contributed by atoms with Gasteiger partial charge in [-0.1, -0.05) is 0 Å². The Morgan fingerprint density at radius 1 is 1.24 bits per heavy atom. The number of halogens is 2. The molecule has 2 aliphatic rings. The lowest BCUT2D eigenvalue weighted by molar-refractivity contribution is -0.00284. The molecule has 0 radical (unpaired) electrons. The normalized spacial score (nSPS) is 22.1. The number of fused-ring (bicyclic) bond motifs is 1. The first kappa shape index (κ1) is 18.4. The Morgan fingerprint density at radius 3 is 2.86 bits per heavy atom. The van der Waals surface area contributed by atoms with Crippen molar-refractivity contribution in [2.75, 3.05) is 24.5 Å². The quantitative estimate of drug-likeness (QED) is 0.622. The number of nitrogens with one attached hydrogen (secondary N) is 2. The minimum absolute atomic E-state index is 0.0234. The van der Waals surface area contributed by atoms with E-state index >= 15 is 0 Å². The lowest BCUT2D eigenvalue weighted by Gasteiger charge is -2.42. The molecule has 0 bridgehead atoms. The van der Waals surface area contributed by atoms with Crippen LogP contribution in [-0.2, 0) is 0 Å². The molecule has 2 fully saturated rings. The average Bonchev–Trinajstić information content (AvgIpc) is 3.50. The number of aromatic nitrogens is 4. The summed E-state index contributed by atoms with van der Waals surface area (Å²) in [6, 6.07) is 4.13. The summed E-state index contributed by atoms with van der Waals surface area (Å²) in [5.41, 5.74) is -0.0901. The Labute approximate surface area is 166 Å². The largest absolute Gasteiger partial charge is 0.388 e. The number of piperazine rings is 1. The smallest absolute Gasteiger partial charge is 0.168 e. The number of aromatic amines is 1. The summed E-state index contributed by atoms with van der Waals surface area (Å²) in [4.78, 5) is 10.2. The van der Waals surface area contributed by atoms with Crippen molar-refractivity contribution in [3.8, 4) is 11.4 Å². The second-order valence-electron chi connectivity index (χ2n) is 8.05. The van der Waals surface area contributed by atoms with Crippen LogP contribution >= 0.6 is 0 Å². The van der Waals surface area contributed by atoms with Crippen molar-refractivity contribution >= 4 is 16.9 Å². The topological polar surface area (TPSA) is 90.0 Å². The number of rotatable bonds is 4. The Bertz CT molecular complexity index is 1060. The van der Waals surface area contributed by atoms with E-state index in [0.29, 0.717) is 36.4 Å². The lowest BCUT2D eigenvalue weighted by atomic mass is 9.89. The fourth-order valence-corrected chi connectivity index (χ4v) is 4.17. The molecule has 0 aromatic carbocycles. The van der Waals surface area contributed by atoms with Crippen LogP contribution in [0.3, 0.4) is 0 Å². The first-order chi connectivity index (χ1) is 13.9. The molecule has 3 aromatic heterocycles. The van der Waals surface area contributed by atoms with Crippen LogP contribution in [0.2, 0.25) is 0 Å². The van der Waals surface area contributed by atoms with Gasteiger partial charge in [0.2, 0.25) is 0 Å². The van der Waals surface area contributed by atoms with E-state index in [-0.39, 0.29) is 23.5 Å². The van der Waals surface area contributed by atoms with Gasteiger partial charge in [0.15, 0.2) is 23.1 Å². The zero-order valence-electron chi connectivity index (χ0n) is 16.0. The van der Waals surface area contributed by atoms with Crippen molar-refractivity contribution in [3.05, 3.63) is 36.0 Å². The van der Waals surface area contributed by atoms with E-state index in [4.69, 9.17) is 0 Å². The first-order valence-electron chi connectivity index (χ1n) is 9.81. The zero-order valence-corrected chi connectivity index (χ0v) is 16.0. The molecule has 1 saturated carbocycles. The van der Waals surface area contributed by atoms with Crippen LogP contribution in [0.25, 0.3) is 22.4 Å². The fraction of sp³-hybridized carbons (Fsp3) is 0.450. The first-order valence-corrected chi connectivity index (χ1v) is 9.81. The predicted octanol–water partition coefficient (Wildman–Crippen LogP) is 2.24. The van der Waals surface area contributed by atoms with E-state index in [0.717, 1.165) is 18.9 Å². The van der Waals surface area contributed by atoms with Gasteiger partial charge in [-0.05, 0) is 37.8 Å². The molecule has 152 valence electrons. The molecule has 3 aromatic rings. The van der Waals surface area contributed by atoms with Crippen LogP contribution in [0.1, 0.15) is 19.8 Å². The number of hydrogen-bond donors (Lipinski definition) is 3. The molecule has 2 unspecified atom stereocenters. The molecule has 9 heteroatoms. The minimum Gasteiger partial charge on any atom is -0.388 e. The van der Waals surface area contributed by atoms with Crippen LogP contribution in [0, 0.1) is 17.6 Å². The molecule has 3 N–H and O–H groups in total. The molecular formula is C20H22F2N6O. The molecule has 7 nitrogen and oxygen atoms in total. The molecule has 2 atom stereocenters. The van der Waals surface area contributed by atoms with Gasteiger partial charge in [-0.3, -0.25) is 5.10 Å². The minimum atomic E-state index is -0.873. The van der Waals surface area contributed by atoms with Gasteiger partial charge in [-0.15, -0.1) is 0 Å². The number of H-pyrrole nitrogens is 1. The van der Waals surface area contributed by atoms with Crippen molar-refractivity contribution in [1.82, 2.24) is 25.5 Å². The maximum atomic E-state index is 14.7. The van der Waals surface area contributed by atoms with Crippen LogP contribution in [0.4, 0.5) is 14.6 Å². The van der Waals surface area contributed by atoms with Crippen LogP contribution in [0.15, 0.2) is 24.4 Å². The number of pyridine rings is 2. The number of nitrogens with zero attached hydrogens (tertiary/aromatic N) is 4. The predicted molar refractivity (Wildman–Crippen MR) is 104 cm³/mol. The van der Waals surface area contributed by atoms with E-state index in [1.165, 1.54) is 0 Å². The molecular weight excluding hydrogens is 378 g/mol. The number of aliphatic hydroxyl groups is 1. The highest BCUT2D eigenvalue weighted by molar-refractivity contribution is 5.89. The third-order valence-electron chi connectivity index (χ3n) is 6.06. The Hall–Kier alpha value is -2.65. The molecule has 0 amide bonds. The SMILES string of the molecule is CC(O)(C1CC1)C1CN(c2nc(-c3n[nH]c4ncccc34)c(F)cc2F)CCN1. The van der Waals surface area contributed by atoms with Gasteiger partial charge < -0.3 is 15.3 Å². The van der Waals surface area contributed by atoms with Crippen LogP contribution in [-0.4, -0.2) is 56.5 Å². The van der Waals surface area contributed by atoms with E-state index in [1.807, 2.05) is 6.92 Å². The third kappa shape index (κ3) is 3.14. The summed E-state index contributed by atoms with van der Waals surface area (Å²) in [5.74, 6) is -1.18. The van der Waals surface area contributed by atoms with Crippen molar-refractivity contribution < 1.29 is 13.9 Å². The highest BCUT2D eigenvalue weighted by Gasteiger charge is 2.47. The molecule has 1 aliphatic carbocycles. The summed E-state index contributed by atoms with van der Waals surface area (Å²) in [6.07, 6.45) is 3.61. The molecule has 1 saturated heterocycles.